The van der Waals surface area contributed by atoms with Crippen LogP contribution in [0.4, 0.5) is 0 Å². The fraction of sp³-hybridized carbons (Fsp3) is 0.409. The zero-order chi connectivity index (χ0) is 17.5. The normalized spacial score (nSPS) is 17.5. The van der Waals surface area contributed by atoms with Gasteiger partial charge in [-0.3, -0.25) is 4.79 Å². The molecule has 0 radical (unpaired) electrons. The third-order valence-electron chi connectivity index (χ3n) is 4.65. The molecule has 2 heteroatoms. The summed E-state index contributed by atoms with van der Waals surface area (Å²) in [6, 6.07) is 16.1. The lowest BCUT2D eigenvalue weighted by atomic mass is 9.71. The Morgan fingerprint density at radius 2 is 1.62 bits per heavy atom. The summed E-state index contributed by atoms with van der Waals surface area (Å²) in [7, 11) is 0. The second-order valence-corrected chi connectivity index (χ2v) is 8.64. The molecule has 0 amide bonds. The third kappa shape index (κ3) is 3.24. The van der Waals surface area contributed by atoms with E-state index < -0.39 is 0 Å². The molecule has 0 saturated carbocycles. The summed E-state index contributed by atoms with van der Waals surface area (Å²) >= 11 is 0. The molecule has 3 rings (SSSR count). The van der Waals surface area contributed by atoms with E-state index in [0.717, 1.165) is 17.5 Å². The Morgan fingerprint density at radius 1 is 0.958 bits per heavy atom. The van der Waals surface area contributed by atoms with Crippen molar-refractivity contribution in [1.82, 2.24) is 0 Å². The minimum Gasteiger partial charge on any atom is -0.425 e. The molecular formula is C22H26O2. The zero-order valence-electron chi connectivity index (χ0n) is 15.2. The lowest BCUT2D eigenvalue weighted by Gasteiger charge is -2.33. The van der Waals surface area contributed by atoms with Gasteiger partial charge in [-0.25, -0.2) is 0 Å². The summed E-state index contributed by atoms with van der Waals surface area (Å²) in [5, 5.41) is 0. The first kappa shape index (κ1) is 16.8. The molecule has 1 aliphatic rings. The molecule has 0 fully saturated rings. The van der Waals surface area contributed by atoms with Crippen molar-refractivity contribution in [3.8, 4) is 5.75 Å². The fourth-order valence-electron chi connectivity index (χ4n) is 3.97. The molecule has 1 aliphatic heterocycles. The molecule has 0 spiro atoms. The predicted molar refractivity (Wildman–Crippen MR) is 97.5 cm³/mol. The average molecular weight is 322 g/mol. The molecule has 0 bridgehead atoms. The SMILES string of the molecule is CC(C)(C)CC(C)(C)c1ccc2c(c1)C(c1ccccc1)C(=O)O2. The van der Waals surface area contributed by atoms with Crippen LogP contribution in [-0.4, -0.2) is 5.97 Å². The second-order valence-electron chi connectivity index (χ2n) is 8.64. The Kier molecular flexibility index (Phi) is 4.03. The topological polar surface area (TPSA) is 26.3 Å². The molecule has 0 N–H and O–H groups in total. The Labute approximate surface area is 144 Å². The van der Waals surface area contributed by atoms with Gasteiger partial charge in [0, 0.05) is 5.56 Å². The van der Waals surface area contributed by atoms with Crippen LogP contribution >= 0.6 is 0 Å². The van der Waals surface area contributed by atoms with Crippen LogP contribution in [0.15, 0.2) is 48.5 Å². The van der Waals surface area contributed by atoms with Crippen molar-refractivity contribution < 1.29 is 9.53 Å². The van der Waals surface area contributed by atoms with Gasteiger partial charge in [0.05, 0.1) is 0 Å². The predicted octanol–water partition coefficient (Wildman–Crippen LogP) is 5.45. The number of rotatable bonds is 3. The Morgan fingerprint density at radius 3 is 2.25 bits per heavy atom. The number of ether oxygens (including phenoxy) is 1. The molecule has 1 atom stereocenters. The number of hydrogen-bond acceptors (Lipinski definition) is 2. The number of carbonyl (C=O) groups excluding carboxylic acids is 1. The maximum absolute atomic E-state index is 12.4. The van der Waals surface area contributed by atoms with Gasteiger partial charge in [-0.15, -0.1) is 0 Å². The first-order chi connectivity index (χ1) is 11.2. The standard InChI is InChI=1S/C22H26O2/c1-21(2,3)14-22(4,5)16-11-12-18-17(13-16)19(20(23)24-18)15-9-7-6-8-10-15/h6-13,19H,14H2,1-5H3. The molecule has 1 unspecified atom stereocenters. The van der Waals surface area contributed by atoms with E-state index in [2.05, 4.69) is 46.8 Å². The van der Waals surface area contributed by atoms with Gasteiger partial charge in [0.2, 0.25) is 0 Å². The van der Waals surface area contributed by atoms with Crippen molar-refractivity contribution in [2.24, 2.45) is 5.41 Å². The van der Waals surface area contributed by atoms with E-state index in [1.54, 1.807) is 0 Å². The highest BCUT2D eigenvalue weighted by Crippen LogP contribution is 2.43. The molecule has 2 aromatic carbocycles. The summed E-state index contributed by atoms with van der Waals surface area (Å²) < 4.78 is 5.50. The van der Waals surface area contributed by atoms with Crippen molar-refractivity contribution in [3.05, 3.63) is 65.2 Å². The van der Waals surface area contributed by atoms with Crippen molar-refractivity contribution in [1.29, 1.82) is 0 Å². The van der Waals surface area contributed by atoms with Crippen molar-refractivity contribution in [2.75, 3.05) is 0 Å². The van der Waals surface area contributed by atoms with Crippen LogP contribution in [0, 0.1) is 5.41 Å². The maximum Gasteiger partial charge on any atom is 0.323 e. The van der Waals surface area contributed by atoms with E-state index in [0.29, 0.717) is 5.75 Å². The van der Waals surface area contributed by atoms with Gasteiger partial charge in [0.25, 0.3) is 0 Å². The average Bonchev–Trinajstić information content (AvgIpc) is 2.80. The van der Waals surface area contributed by atoms with Crippen molar-refractivity contribution in [3.63, 3.8) is 0 Å². The first-order valence-corrected chi connectivity index (χ1v) is 8.58. The largest absolute Gasteiger partial charge is 0.425 e. The van der Waals surface area contributed by atoms with Crippen LogP contribution in [0.25, 0.3) is 0 Å². The van der Waals surface area contributed by atoms with E-state index in [1.165, 1.54) is 5.56 Å². The Balaban J connectivity index is 2.02. The summed E-state index contributed by atoms with van der Waals surface area (Å²) in [6.45, 7) is 11.3. The zero-order valence-corrected chi connectivity index (χ0v) is 15.2. The number of esters is 1. The molecule has 1 heterocycles. The molecule has 0 saturated heterocycles. The quantitative estimate of drug-likeness (QED) is 0.554. The van der Waals surface area contributed by atoms with Gasteiger partial charge >= 0.3 is 5.97 Å². The fourth-order valence-corrected chi connectivity index (χ4v) is 3.97. The highest BCUT2D eigenvalue weighted by atomic mass is 16.5. The van der Waals surface area contributed by atoms with Crippen molar-refractivity contribution >= 4 is 5.97 Å². The van der Waals surface area contributed by atoms with Crippen LogP contribution in [0.1, 0.15) is 63.6 Å². The van der Waals surface area contributed by atoms with Crippen molar-refractivity contribution in [2.45, 2.75) is 52.4 Å². The highest BCUT2D eigenvalue weighted by molar-refractivity contribution is 5.89. The Bertz CT molecular complexity index is 751. The molecule has 2 aromatic rings. The summed E-state index contributed by atoms with van der Waals surface area (Å²) in [4.78, 5) is 12.4. The van der Waals surface area contributed by atoms with Crippen LogP contribution in [0.5, 0.6) is 5.75 Å². The summed E-state index contributed by atoms with van der Waals surface area (Å²) in [5.41, 5.74) is 3.53. The van der Waals surface area contributed by atoms with Crippen LogP contribution in [0.3, 0.4) is 0 Å². The Hall–Kier alpha value is -2.09. The molecule has 126 valence electrons. The van der Waals surface area contributed by atoms with Gasteiger partial charge in [-0.05, 0) is 34.4 Å². The molecule has 0 aliphatic carbocycles. The minimum atomic E-state index is -0.313. The number of carbonyl (C=O) groups is 1. The van der Waals surface area contributed by atoms with Gasteiger partial charge in [-0.2, -0.15) is 0 Å². The highest BCUT2D eigenvalue weighted by Gasteiger charge is 2.36. The molecule has 2 nitrogen and oxygen atoms in total. The lowest BCUT2D eigenvalue weighted by Crippen LogP contribution is -2.25. The first-order valence-electron chi connectivity index (χ1n) is 8.58. The minimum absolute atomic E-state index is 0.0418. The lowest BCUT2D eigenvalue weighted by molar-refractivity contribution is -0.133. The van der Waals surface area contributed by atoms with E-state index in [-0.39, 0.29) is 22.7 Å². The monoisotopic (exact) mass is 322 g/mol. The van der Waals surface area contributed by atoms with E-state index in [1.807, 2.05) is 36.4 Å². The summed E-state index contributed by atoms with van der Waals surface area (Å²) in [5.74, 6) is 0.206. The van der Waals surface area contributed by atoms with Gasteiger partial charge < -0.3 is 4.74 Å². The molecular weight excluding hydrogens is 296 g/mol. The number of hydrogen-bond donors (Lipinski definition) is 0. The van der Waals surface area contributed by atoms with Crippen LogP contribution < -0.4 is 4.74 Å². The van der Waals surface area contributed by atoms with Crippen LogP contribution in [0.2, 0.25) is 0 Å². The smallest absolute Gasteiger partial charge is 0.323 e. The van der Waals surface area contributed by atoms with Gasteiger partial charge in [-0.1, -0.05) is 77.1 Å². The van der Waals surface area contributed by atoms with Gasteiger partial charge in [0.1, 0.15) is 11.7 Å². The second kappa shape index (κ2) is 5.77. The maximum atomic E-state index is 12.4. The van der Waals surface area contributed by atoms with E-state index in [4.69, 9.17) is 4.74 Å². The summed E-state index contributed by atoms with van der Waals surface area (Å²) in [6.07, 6.45) is 1.07. The molecule has 24 heavy (non-hydrogen) atoms. The van der Waals surface area contributed by atoms with E-state index in [9.17, 15) is 4.79 Å². The third-order valence-corrected chi connectivity index (χ3v) is 4.65. The van der Waals surface area contributed by atoms with Crippen LogP contribution in [-0.2, 0) is 10.2 Å². The van der Waals surface area contributed by atoms with E-state index >= 15 is 0 Å². The number of fused-ring (bicyclic) bond motifs is 1. The molecule has 0 aromatic heterocycles. The van der Waals surface area contributed by atoms with Gasteiger partial charge in [0.15, 0.2) is 0 Å². The number of benzene rings is 2.